The molecule has 0 saturated carbocycles. The lowest BCUT2D eigenvalue weighted by molar-refractivity contribution is 0.200. The second-order valence-electron chi connectivity index (χ2n) is 3.34. The third-order valence-electron chi connectivity index (χ3n) is 2.26. The third-order valence-corrected chi connectivity index (χ3v) is 4.27. The van der Waals surface area contributed by atoms with Crippen molar-refractivity contribution in [3.63, 3.8) is 0 Å². The van der Waals surface area contributed by atoms with Crippen LogP contribution >= 0.6 is 23.5 Å². The molecule has 1 aromatic carbocycles. The van der Waals surface area contributed by atoms with E-state index in [-0.39, 0.29) is 0 Å². The molecule has 0 radical (unpaired) electrons. The monoisotopic (exact) mass is 257 g/mol. The third kappa shape index (κ3) is 4.01. The second-order valence-corrected chi connectivity index (χ2v) is 5.32. The van der Waals surface area contributed by atoms with Gasteiger partial charge < -0.3 is 10.5 Å². The second kappa shape index (κ2) is 8.01. The van der Waals surface area contributed by atoms with E-state index in [1.807, 2.05) is 11.8 Å². The summed E-state index contributed by atoms with van der Waals surface area (Å²) in [5.74, 6) is 1.08. The first-order valence-corrected chi connectivity index (χ1v) is 7.52. The predicted molar refractivity (Wildman–Crippen MR) is 73.3 cm³/mol. The summed E-state index contributed by atoms with van der Waals surface area (Å²) >= 11 is 3.63. The van der Waals surface area contributed by atoms with Crippen LogP contribution in [0.3, 0.4) is 0 Å². The normalized spacial score (nSPS) is 10.7. The van der Waals surface area contributed by atoms with Crippen molar-refractivity contribution < 1.29 is 4.74 Å². The van der Waals surface area contributed by atoms with Gasteiger partial charge in [-0.1, -0.05) is 6.07 Å². The van der Waals surface area contributed by atoms with Gasteiger partial charge in [0.2, 0.25) is 0 Å². The summed E-state index contributed by atoms with van der Waals surface area (Å²) in [6, 6.07) is 6.38. The fourth-order valence-corrected chi connectivity index (χ4v) is 3.20. The van der Waals surface area contributed by atoms with E-state index in [1.54, 1.807) is 18.9 Å². The van der Waals surface area contributed by atoms with Crippen LogP contribution in [0.5, 0.6) is 0 Å². The lowest BCUT2D eigenvalue weighted by Crippen LogP contribution is -2.01. The van der Waals surface area contributed by atoms with Crippen LogP contribution in [0.1, 0.15) is 12.0 Å². The molecule has 0 aromatic heterocycles. The summed E-state index contributed by atoms with van der Waals surface area (Å²) < 4.78 is 5.04. The number of ether oxygens (including phenoxy) is 1. The number of hydrogen-bond acceptors (Lipinski definition) is 4. The molecule has 0 amide bonds. The molecule has 1 aromatic rings. The number of nitrogens with two attached hydrogens (primary N) is 1. The topological polar surface area (TPSA) is 35.2 Å². The number of hydrogen-bond donors (Lipinski definition) is 1. The lowest BCUT2D eigenvalue weighted by Gasteiger charge is -2.11. The highest BCUT2D eigenvalue weighted by Crippen LogP contribution is 2.30. The Balaban J connectivity index is 2.63. The molecule has 2 nitrogen and oxygen atoms in total. The van der Waals surface area contributed by atoms with Gasteiger partial charge in [-0.3, -0.25) is 0 Å². The fraction of sp³-hybridized carbons (Fsp3) is 0.500. The van der Waals surface area contributed by atoms with Crippen LogP contribution in [0, 0.1) is 0 Å². The highest BCUT2D eigenvalue weighted by molar-refractivity contribution is 7.99. The Bertz CT molecular complexity index is 318. The molecule has 4 heteroatoms. The highest BCUT2D eigenvalue weighted by Gasteiger charge is 2.06. The van der Waals surface area contributed by atoms with Gasteiger partial charge in [0.05, 0.1) is 0 Å². The maximum Gasteiger partial charge on any atom is 0.0470 e. The SMILES string of the molecule is COCCCSc1cccc(SC)c1CN. The van der Waals surface area contributed by atoms with Gasteiger partial charge in [-0.15, -0.1) is 23.5 Å². The maximum atomic E-state index is 5.81. The molecular formula is C12H19NOS2. The average Bonchev–Trinajstić information content (AvgIpc) is 2.34. The van der Waals surface area contributed by atoms with Crippen molar-refractivity contribution in [2.75, 3.05) is 25.7 Å². The minimum Gasteiger partial charge on any atom is -0.385 e. The number of rotatable bonds is 7. The lowest BCUT2D eigenvalue weighted by atomic mass is 10.2. The van der Waals surface area contributed by atoms with Crippen molar-refractivity contribution in [2.45, 2.75) is 22.8 Å². The van der Waals surface area contributed by atoms with Crippen LogP contribution in [0.15, 0.2) is 28.0 Å². The Kier molecular flexibility index (Phi) is 6.96. The molecule has 0 aliphatic carbocycles. The van der Waals surface area contributed by atoms with E-state index < -0.39 is 0 Å². The Hall–Kier alpha value is -0.160. The zero-order chi connectivity index (χ0) is 11.8. The molecule has 0 atom stereocenters. The van der Waals surface area contributed by atoms with Gasteiger partial charge in [-0.05, 0) is 30.4 Å². The van der Waals surface area contributed by atoms with Crippen molar-refractivity contribution in [1.82, 2.24) is 0 Å². The van der Waals surface area contributed by atoms with Crippen LogP contribution < -0.4 is 5.73 Å². The predicted octanol–water partition coefficient (Wildman–Crippen LogP) is 3.00. The van der Waals surface area contributed by atoms with Gasteiger partial charge >= 0.3 is 0 Å². The van der Waals surface area contributed by atoms with Crippen LogP contribution in [0.4, 0.5) is 0 Å². The van der Waals surface area contributed by atoms with Crippen LogP contribution in [0.25, 0.3) is 0 Å². The molecular weight excluding hydrogens is 238 g/mol. The van der Waals surface area contributed by atoms with Gasteiger partial charge in [-0.25, -0.2) is 0 Å². The summed E-state index contributed by atoms with van der Waals surface area (Å²) in [4.78, 5) is 2.60. The van der Waals surface area contributed by atoms with E-state index in [9.17, 15) is 0 Å². The number of thioether (sulfide) groups is 2. The molecule has 0 aliphatic rings. The van der Waals surface area contributed by atoms with Crippen LogP contribution in [-0.2, 0) is 11.3 Å². The summed E-state index contributed by atoms with van der Waals surface area (Å²) in [5.41, 5.74) is 7.08. The highest BCUT2D eigenvalue weighted by atomic mass is 32.2. The first kappa shape index (κ1) is 13.9. The summed E-state index contributed by atoms with van der Waals surface area (Å²) in [5, 5.41) is 0. The molecule has 1 rings (SSSR count). The van der Waals surface area contributed by atoms with Crippen LogP contribution in [-0.4, -0.2) is 25.7 Å². The summed E-state index contributed by atoms with van der Waals surface area (Å²) in [6.07, 6.45) is 3.17. The number of benzene rings is 1. The van der Waals surface area contributed by atoms with Gasteiger partial charge in [0.1, 0.15) is 0 Å². The fourth-order valence-electron chi connectivity index (χ4n) is 1.46. The molecule has 0 saturated heterocycles. The number of methoxy groups -OCH3 is 1. The quantitative estimate of drug-likeness (QED) is 0.601. The minimum atomic E-state index is 0.615. The largest absolute Gasteiger partial charge is 0.385 e. The van der Waals surface area contributed by atoms with Gasteiger partial charge in [0, 0.05) is 35.8 Å². The molecule has 0 spiro atoms. The zero-order valence-corrected chi connectivity index (χ0v) is 11.5. The summed E-state index contributed by atoms with van der Waals surface area (Å²) in [6.45, 7) is 1.44. The van der Waals surface area contributed by atoms with Gasteiger partial charge in [0.15, 0.2) is 0 Å². The smallest absolute Gasteiger partial charge is 0.0470 e. The summed E-state index contributed by atoms with van der Waals surface area (Å²) in [7, 11) is 1.74. The van der Waals surface area contributed by atoms with Crippen LogP contribution in [0.2, 0.25) is 0 Å². The molecule has 2 N–H and O–H groups in total. The van der Waals surface area contributed by atoms with Crippen molar-refractivity contribution in [1.29, 1.82) is 0 Å². The molecule has 90 valence electrons. The van der Waals surface area contributed by atoms with E-state index in [1.165, 1.54) is 15.4 Å². The maximum absolute atomic E-state index is 5.81. The Morgan fingerprint density at radius 3 is 2.69 bits per heavy atom. The van der Waals surface area contributed by atoms with Gasteiger partial charge in [-0.2, -0.15) is 0 Å². The Morgan fingerprint density at radius 1 is 1.31 bits per heavy atom. The van der Waals surface area contributed by atoms with E-state index in [2.05, 4.69) is 24.5 Å². The van der Waals surface area contributed by atoms with Crippen molar-refractivity contribution in [3.8, 4) is 0 Å². The first-order chi connectivity index (χ1) is 7.83. The molecule has 16 heavy (non-hydrogen) atoms. The standard InChI is InChI=1S/C12H19NOS2/c1-14-7-4-8-16-12-6-3-5-11(15-2)10(12)9-13/h3,5-6H,4,7-9,13H2,1-2H3. The van der Waals surface area contributed by atoms with E-state index >= 15 is 0 Å². The van der Waals surface area contributed by atoms with Crippen molar-refractivity contribution >= 4 is 23.5 Å². The molecule has 0 bridgehead atoms. The Morgan fingerprint density at radius 2 is 2.06 bits per heavy atom. The molecule has 0 aliphatic heterocycles. The minimum absolute atomic E-state index is 0.615. The first-order valence-electron chi connectivity index (χ1n) is 5.31. The van der Waals surface area contributed by atoms with Crippen molar-refractivity contribution in [3.05, 3.63) is 23.8 Å². The molecule has 0 unspecified atom stereocenters. The van der Waals surface area contributed by atoms with E-state index in [0.29, 0.717) is 6.54 Å². The molecule has 0 fully saturated rings. The average molecular weight is 257 g/mol. The Labute approximate surface area is 106 Å². The van der Waals surface area contributed by atoms with E-state index in [4.69, 9.17) is 10.5 Å². The van der Waals surface area contributed by atoms with Crippen molar-refractivity contribution in [2.24, 2.45) is 5.73 Å². The molecule has 0 heterocycles. The zero-order valence-electron chi connectivity index (χ0n) is 9.86. The van der Waals surface area contributed by atoms with E-state index in [0.717, 1.165) is 18.8 Å². The van der Waals surface area contributed by atoms with Gasteiger partial charge in [0.25, 0.3) is 0 Å².